The fraction of sp³-hybridized carbons (Fsp3) is 0.500. The number of hydrogen-bond acceptors (Lipinski definition) is 3. The van der Waals surface area contributed by atoms with Crippen LogP contribution < -0.4 is 10.1 Å². The lowest BCUT2D eigenvalue weighted by atomic mass is 9.97. The normalized spacial score (nSPS) is 15.3. The first-order chi connectivity index (χ1) is 11.6. The first-order valence-corrected chi connectivity index (χ1v) is 8.85. The lowest BCUT2D eigenvalue weighted by Crippen LogP contribution is -2.37. The summed E-state index contributed by atoms with van der Waals surface area (Å²) < 4.78 is 5.65. The Bertz CT molecular complexity index is 589. The number of Topliss-reactive ketones (excluding diaryl/α,β-unsaturated/α-hetero) is 1. The minimum Gasteiger partial charge on any atom is -0.481 e. The molecule has 1 aliphatic carbocycles. The molecule has 2 rings (SSSR count). The van der Waals surface area contributed by atoms with Gasteiger partial charge in [0.15, 0.2) is 11.9 Å². The third-order valence-electron chi connectivity index (χ3n) is 4.31. The van der Waals surface area contributed by atoms with E-state index in [0.717, 1.165) is 12.8 Å². The van der Waals surface area contributed by atoms with E-state index < -0.39 is 6.10 Å². The highest BCUT2D eigenvalue weighted by molar-refractivity contribution is 5.95. The van der Waals surface area contributed by atoms with E-state index in [2.05, 4.69) is 11.4 Å². The molecule has 0 saturated carbocycles. The van der Waals surface area contributed by atoms with Crippen LogP contribution >= 0.6 is 0 Å². The van der Waals surface area contributed by atoms with Gasteiger partial charge in [0.1, 0.15) is 5.75 Å². The number of carbonyl (C=O) groups excluding carboxylic acids is 2. The molecule has 130 valence electrons. The Kier molecular flexibility index (Phi) is 7.04. The highest BCUT2D eigenvalue weighted by atomic mass is 16.5. The van der Waals surface area contributed by atoms with Crippen LogP contribution in [0.1, 0.15) is 62.7 Å². The van der Waals surface area contributed by atoms with Crippen molar-refractivity contribution in [2.75, 3.05) is 6.54 Å². The van der Waals surface area contributed by atoms with Gasteiger partial charge in [-0.2, -0.15) is 0 Å². The summed E-state index contributed by atoms with van der Waals surface area (Å²) in [6, 6.07) is 6.95. The number of nitrogens with one attached hydrogen (secondary N) is 1. The molecular formula is C20H27NO3. The summed E-state index contributed by atoms with van der Waals surface area (Å²) in [5.41, 5.74) is 2.12. The van der Waals surface area contributed by atoms with Crippen LogP contribution in [-0.2, 0) is 4.79 Å². The van der Waals surface area contributed by atoms with Crippen molar-refractivity contribution in [1.29, 1.82) is 0 Å². The summed E-state index contributed by atoms with van der Waals surface area (Å²) in [5, 5.41) is 2.93. The molecule has 1 aliphatic rings. The van der Waals surface area contributed by atoms with Gasteiger partial charge in [0.2, 0.25) is 0 Å². The molecule has 0 unspecified atom stereocenters. The van der Waals surface area contributed by atoms with Gasteiger partial charge in [0, 0.05) is 18.5 Å². The van der Waals surface area contributed by atoms with Crippen LogP contribution in [0, 0.1) is 0 Å². The molecule has 4 heteroatoms. The van der Waals surface area contributed by atoms with E-state index in [1.807, 2.05) is 6.92 Å². The predicted octanol–water partition coefficient (Wildman–Crippen LogP) is 4.05. The standard InChI is InChI=1S/C20H27NO3/c1-3-19(22)17-9-11-18(12-10-17)24-15(2)20(23)21-14-13-16-7-5-4-6-8-16/h7,9-12,15H,3-6,8,13-14H2,1-2H3,(H,21,23)/t15-/m0/s1. The molecular weight excluding hydrogens is 302 g/mol. The fourth-order valence-electron chi connectivity index (χ4n) is 2.80. The number of ether oxygens (including phenoxy) is 1. The van der Waals surface area contributed by atoms with E-state index >= 15 is 0 Å². The van der Waals surface area contributed by atoms with Gasteiger partial charge in [-0.1, -0.05) is 18.6 Å². The molecule has 4 nitrogen and oxygen atoms in total. The number of hydrogen-bond donors (Lipinski definition) is 1. The van der Waals surface area contributed by atoms with Gasteiger partial charge in [0.05, 0.1) is 0 Å². The Labute approximate surface area is 144 Å². The van der Waals surface area contributed by atoms with Crippen molar-refractivity contribution in [3.05, 3.63) is 41.5 Å². The quantitative estimate of drug-likeness (QED) is 0.578. The van der Waals surface area contributed by atoms with E-state index in [9.17, 15) is 9.59 Å². The summed E-state index contributed by atoms with van der Waals surface area (Å²) >= 11 is 0. The van der Waals surface area contributed by atoms with Crippen molar-refractivity contribution in [3.8, 4) is 5.75 Å². The molecule has 0 heterocycles. The zero-order chi connectivity index (χ0) is 17.4. The second kappa shape index (κ2) is 9.26. The first-order valence-electron chi connectivity index (χ1n) is 8.85. The SMILES string of the molecule is CCC(=O)c1ccc(O[C@@H](C)C(=O)NCCC2=CCCCC2)cc1. The topological polar surface area (TPSA) is 55.4 Å². The third-order valence-corrected chi connectivity index (χ3v) is 4.31. The summed E-state index contributed by atoms with van der Waals surface area (Å²) in [5.74, 6) is 0.588. The number of amides is 1. The average Bonchev–Trinajstić information content (AvgIpc) is 2.62. The van der Waals surface area contributed by atoms with E-state index in [1.165, 1.54) is 24.8 Å². The first kappa shape index (κ1) is 18.2. The summed E-state index contributed by atoms with van der Waals surface area (Å²) in [4.78, 5) is 23.7. The number of allylic oxidation sites excluding steroid dienone is 1. The Balaban J connectivity index is 1.76. The average molecular weight is 329 g/mol. The maximum atomic E-state index is 12.1. The highest BCUT2D eigenvalue weighted by Crippen LogP contribution is 2.19. The van der Waals surface area contributed by atoms with E-state index in [-0.39, 0.29) is 11.7 Å². The van der Waals surface area contributed by atoms with Gasteiger partial charge < -0.3 is 10.1 Å². The van der Waals surface area contributed by atoms with E-state index in [4.69, 9.17) is 4.74 Å². The monoisotopic (exact) mass is 329 g/mol. The van der Waals surface area contributed by atoms with Crippen LogP contribution in [0.2, 0.25) is 0 Å². The number of carbonyl (C=O) groups is 2. The van der Waals surface area contributed by atoms with Crippen molar-refractivity contribution >= 4 is 11.7 Å². The molecule has 1 aromatic rings. The van der Waals surface area contributed by atoms with E-state index in [1.54, 1.807) is 31.2 Å². The van der Waals surface area contributed by atoms with Crippen molar-refractivity contribution in [3.63, 3.8) is 0 Å². The highest BCUT2D eigenvalue weighted by Gasteiger charge is 2.15. The molecule has 24 heavy (non-hydrogen) atoms. The predicted molar refractivity (Wildman–Crippen MR) is 95.3 cm³/mol. The third kappa shape index (κ3) is 5.52. The molecule has 0 aliphatic heterocycles. The van der Waals surface area contributed by atoms with Crippen molar-refractivity contribution in [1.82, 2.24) is 5.32 Å². The summed E-state index contributed by atoms with van der Waals surface area (Å²) in [7, 11) is 0. The molecule has 1 atom stereocenters. The summed E-state index contributed by atoms with van der Waals surface area (Å²) in [6.07, 6.45) is 8.01. The van der Waals surface area contributed by atoms with Crippen LogP contribution in [0.5, 0.6) is 5.75 Å². The number of ketones is 1. The van der Waals surface area contributed by atoms with Crippen LogP contribution in [0.3, 0.4) is 0 Å². The smallest absolute Gasteiger partial charge is 0.260 e. The molecule has 0 radical (unpaired) electrons. The molecule has 1 amide bonds. The summed E-state index contributed by atoms with van der Waals surface area (Å²) in [6.45, 7) is 4.23. The van der Waals surface area contributed by atoms with E-state index in [0.29, 0.717) is 24.3 Å². The van der Waals surface area contributed by atoms with Crippen molar-refractivity contribution in [2.24, 2.45) is 0 Å². The lowest BCUT2D eigenvalue weighted by molar-refractivity contribution is -0.127. The molecule has 0 spiro atoms. The largest absolute Gasteiger partial charge is 0.481 e. The molecule has 0 aromatic heterocycles. The van der Waals surface area contributed by atoms with Gasteiger partial charge in [0.25, 0.3) is 5.91 Å². The van der Waals surface area contributed by atoms with Crippen LogP contribution in [-0.4, -0.2) is 24.3 Å². The van der Waals surface area contributed by atoms with Gasteiger partial charge in [-0.25, -0.2) is 0 Å². The second-order valence-corrected chi connectivity index (χ2v) is 6.21. The molecule has 1 N–H and O–H groups in total. The molecule has 0 fully saturated rings. The van der Waals surface area contributed by atoms with Gasteiger partial charge in [-0.15, -0.1) is 0 Å². The van der Waals surface area contributed by atoms with Gasteiger partial charge >= 0.3 is 0 Å². The van der Waals surface area contributed by atoms with Crippen LogP contribution in [0.25, 0.3) is 0 Å². The fourth-order valence-corrected chi connectivity index (χ4v) is 2.80. The van der Waals surface area contributed by atoms with Gasteiger partial charge in [-0.3, -0.25) is 9.59 Å². The molecule has 0 saturated heterocycles. The Hall–Kier alpha value is -2.10. The molecule has 1 aromatic carbocycles. The zero-order valence-corrected chi connectivity index (χ0v) is 14.6. The minimum atomic E-state index is -0.557. The van der Waals surface area contributed by atoms with Crippen LogP contribution in [0.15, 0.2) is 35.9 Å². The maximum absolute atomic E-state index is 12.1. The van der Waals surface area contributed by atoms with Gasteiger partial charge in [-0.05, 0) is 63.3 Å². The Morgan fingerprint density at radius 1 is 1.21 bits per heavy atom. The Morgan fingerprint density at radius 3 is 2.58 bits per heavy atom. The molecule has 0 bridgehead atoms. The van der Waals surface area contributed by atoms with Crippen molar-refractivity contribution in [2.45, 2.75) is 58.5 Å². The minimum absolute atomic E-state index is 0.101. The second-order valence-electron chi connectivity index (χ2n) is 6.21. The Morgan fingerprint density at radius 2 is 1.96 bits per heavy atom. The number of rotatable bonds is 8. The number of benzene rings is 1. The van der Waals surface area contributed by atoms with Crippen molar-refractivity contribution < 1.29 is 14.3 Å². The van der Waals surface area contributed by atoms with Crippen LogP contribution in [0.4, 0.5) is 0 Å². The zero-order valence-electron chi connectivity index (χ0n) is 14.6. The lowest BCUT2D eigenvalue weighted by Gasteiger charge is -2.16. The maximum Gasteiger partial charge on any atom is 0.260 e.